The van der Waals surface area contributed by atoms with Gasteiger partial charge in [0.15, 0.2) is 0 Å². The molecule has 0 saturated heterocycles. The first kappa shape index (κ1) is 23.1. The van der Waals surface area contributed by atoms with E-state index in [9.17, 15) is 14.4 Å². The lowest BCUT2D eigenvalue weighted by Gasteiger charge is -2.23. The lowest BCUT2D eigenvalue weighted by atomic mass is 9.92. The summed E-state index contributed by atoms with van der Waals surface area (Å²) in [5.74, 6) is -1.85. The number of para-hydroxylation sites is 1. The number of hydroxylamine groups is 1. The maximum atomic E-state index is 12.9. The van der Waals surface area contributed by atoms with Crippen molar-refractivity contribution in [3.05, 3.63) is 66.2 Å². The number of carbonyl (C=O) groups is 3. The van der Waals surface area contributed by atoms with E-state index in [-0.39, 0.29) is 18.2 Å². The van der Waals surface area contributed by atoms with Crippen LogP contribution < -0.4 is 16.1 Å². The number of carbonyl (C=O) groups excluding carboxylic acids is 3. The predicted molar refractivity (Wildman–Crippen MR) is 115 cm³/mol. The monoisotopic (exact) mass is 411 g/mol. The molecule has 2 atom stereocenters. The molecular formula is C23H29N3O4. The summed E-state index contributed by atoms with van der Waals surface area (Å²) < 4.78 is 0. The van der Waals surface area contributed by atoms with Gasteiger partial charge >= 0.3 is 0 Å². The summed E-state index contributed by atoms with van der Waals surface area (Å²) in [4.78, 5) is 37.5. The molecule has 0 aliphatic rings. The molecule has 0 aliphatic carbocycles. The van der Waals surface area contributed by atoms with Gasteiger partial charge in [-0.2, -0.15) is 0 Å². The highest BCUT2D eigenvalue weighted by Gasteiger charge is 2.28. The fourth-order valence-electron chi connectivity index (χ4n) is 3.22. The van der Waals surface area contributed by atoms with Crippen LogP contribution in [0.2, 0.25) is 0 Å². The summed E-state index contributed by atoms with van der Waals surface area (Å²) in [6, 6.07) is 17.6. The minimum absolute atomic E-state index is 0.154. The topological polar surface area (TPSA) is 108 Å². The predicted octanol–water partition coefficient (Wildman–Crippen LogP) is 2.91. The van der Waals surface area contributed by atoms with E-state index in [4.69, 9.17) is 5.21 Å². The Bertz CT molecular complexity index is 825. The number of nitrogens with one attached hydrogen (secondary N) is 3. The molecule has 0 bridgehead atoms. The Kier molecular flexibility index (Phi) is 9.03. The third-order valence-electron chi connectivity index (χ3n) is 4.64. The van der Waals surface area contributed by atoms with Crippen molar-refractivity contribution in [1.29, 1.82) is 0 Å². The van der Waals surface area contributed by atoms with Crippen LogP contribution in [0.1, 0.15) is 32.3 Å². The van der Waals surface area contributed by atoms with Crippen molar-refractivity contribution < 1.29 is 19.6 Å². The van der Waals surface area contributed by atoms with Gasteiger partial charge in [0, 0.05) is 24.4 Å². The molecule has 2 unspecified atom stereocenters. The molecule has 2 aromatic rings. The fraction of sp³-hybridized carbons (Fsp3) is 0.348. The Morgan fingerprint density at radius 3 is 2.07 bits per heavy atom. The van der Waals surface area contributed by atoms with Crippen molar-refractivity contribution in [2.24, 2.45) is 11.8 Å². The summed E-state index contributed by atoms with van der Waals surface area (Å²) in [6.07, 6.45) is 0.613. The number of hydrogen-bond acceptors (Lipinski definition) is 4. The van der Waals surface area contributed by atoms with Gasteiger partial charge in [-0.25, -0.2) is 5.48 Å². The number of benzene rings is 2. The fourth-order valence-corrected chi connectivity index (χ4v) is 3.22. The quantitative estimate of drug-likeness (QED) is 0.356. The normalized spacial score (nSPS) is 12.7. The van der Waals surface area contributed by atoms with E-state index < -0.39 is 23.8 Å². The molecule has 3 amide bonds. The number of anilines is 1. The first-order valence-corrected chi connectivity index (χ1v) is 10.0. The van der Waals surface area contributed by atoms with Crippen molar-refractivity contribution in [3.63, 3.8) is 0 Å². The lowest BCUT2D eigenvalue weighted by Crippen LogP contribution is -2.48. The Hall–Kier alpha value is -3.19. The molecule has 2 aromatic carbocycles. The molecular weight excluding hydrogens is 382 g/mol. The Balaban J connectivity index is 2.17. The molecule has 0 heterocycles. The van der Waals surface area contributed by atoms with Crippen LogP contribution in [-0.2, 0) is 20.8 Å². The van der Waals surface area contributed by atoms with Gasteiger partial charge in [0.25, 0.3) is 0 Å². The smallest absolute Gasteiger partial charge is 0.247 e. The van der Waals surface area contributed by atoms with Gasteiger partial charge in [0.2, 0.25) is 17.7 Å². The summed E-state index contributed by atoms with van der Waals surface area (Å²) in [5.41, 5.74) is 3.11. The Morgan fingerprint density at radius 1 is 0.900 bits per heavy atom. The number of hydrogen-bond donors (Lipinski definition) is 4. The third kappa shape index (κ3) is 7.67. The van der Waals surface area contributed by atoms with Crippen molar-refractivity contribution >= 4 is 23.4 Å². The van der Waals surface area contributed by atoms with Crippen LogP contribution in [0.5, 0.6) is 0 Å². The van der Waals surface area contributed by atoms with Gasteiger partial charge in [-0.1, -0.05) is 62.4 Å². The van der Waals surface area contributed by atoms with Gasteiger partial charge in [-0.3, -0.25) is 19.6 Å². The van der Waals surface area contributed by atoms with Crippen LogP contribution in [0.4, 0.5) is 5.69 Å². The van der Waals surface area contributed by atoms with E-state index in [0.717, 1.165) is 5.56 Å². The zero-order valence-electron chi connectivity index (χ0n) is 17.3. The average molecular weight is 412 g/mol. The van der Waals surface area contributed by atoms with E-state index in [1.54, 1.807) is 17.6 Å². The molecule has 0 spiro atoms. The van der Waals surface area contributed by atoms with E-state index in [0.29, 0.717) is 18.5 Å². The van der Waals surface area contributed by atoms with Gasteiger partial charge < -0.3 is 10.6 Å². The first-order chi connectivity index (χ1) is 14.4. The SMILES string of the molecule is CC(C)CC(CC(=O)NO)C(=O)NC(Cc1ccccc1)C(=O)Nc1ccccc1. The summed E-state index contributed by atoms with van der Waals surface area (Å²) in [7, 11) is 0. The first-order valence-electron chi connectivity index (χ1n) is 10.0. The largest absolute Gasteiger partial charge is 0.344 e. The van der Waals surface area contributed by atoms with E-state index in [2.05, 4.69) is 10.6 Å². The van der Waals surface area contributed by atoms with Gasteiger partial charge in [0.1, 0.15) is 6.04 Å². The second kappa shape index (κ2) is 11.7. The van der Waals surface area contributed by atoms with Crippen LogP contribution >= 0.6 is 0 Å². The third-order valence-corrected chi connectivity index (χ3v) is 4.64. The molecule has 30 heavy (non-hydrogen) atoms. The van der Waals surface area contributed by atoms with Crippen LogP contribution in [0.25, 0.3) is 0 Å². The molecule has 7 heteroatoms. The lowest BCUT2D eigenvalue weighted by molar-refractivity contribution is -0.136. The average Bonchev–Trinajstić information content (AvgIpc) is 2.73. The standard InChI is InChI=1S/C23H29N3O4/c1-16(2)13-18(15-21(27)26-30)22(28)25-20(14-17-9-5-3-6-10-17)23(29)24-19-11-7-4-8-12-19/h3-12,16,18,20,30H,13-15H2,1-2H3,(H,24,29)(H,25,28)(H,26,27). The number of rotatable bonds is 10. The maximum absolute atomic E-state index is 12.9. The van der Waals surface area contributed by atoms with E-state index in [1.807, 2.05) is 62.4 Å². The molecule has 0 aliphatic heterocycles. The maximum Gasteiger partial charge on any atom is 0.247 e. The molecule has 160 valence electrons. The van der Waals surface area contributed by atoms with Crippen molar-refractivity contribution in [1.82, 2.24) is 10.8 Å². The highest BCUT2D eigenvalue weighted by Crippen LogP contribution is 2.17. The van der Waals surface area contributed by atoms with E-state index >= 15 is 0 Å². The second-order valence-corrected chi connectivity index (χ2v) is 7.67. The second-order valence-electron chi connectivity index (χ2n) is 7.67. The van der Waals surface area contributed by atoms with Gasteiger partial charge in [0.05, 0.1) is 0 Å². The highest BCUT2D eigenvalue weighted by atomic mass is 16.5. The number of amides is 3. The molecule has 0 aromatic heterocycles. The Labute approximate surface area is 176 Å². The van der Waals surface area contributed by atoms with Gasteiger partial charge in [-0.05, 0) is 30.0 Å². The van der Waals surface area contributed by atoms with Crippen molar-refractivity contribution in [2.45, 2.75) is 39.2 Å². The Morgan fingerprint density at radius 2 is 1.50 bits per heavy atom. The van der Waals surface area contributed by atoms with Crippen LogP contribution in [0, 0.1) is 11.8 Å². The molecule has 2 rings (SSSR count). The van der Waals surface area contributed by atoms with Crippen molar-refractivity contribution in [2.75, 3.05) is 5.32 Å². The summed E-state index contributed by atoms with van der Waals surface area (Å²) in [5, 5.41) is 14.5. The molecule has 0 fully saturated rings. The molecule has 4 N–H and O–H groups in total. The van der Waals surface area contributed by atoms with Crippen LogP contribution in [0.15, 0.2) is 60.7 Å². The zero-order chi connectivity index (χ0) is 21.9. The molecule has 7 nitrogen and oxygen atoms in total. The van der Waals surface area contributed by atoms with E-state index in [1.165, 1.54) is 0 Å². The molecule has 0 radical (unpaired) electrons. The zero-order valence-corrected chi connectivity index (χ0v) is 17.3. The van der Waals surface area contributed by atoms with Crippen LogP contribution in [0.3, 0.4) is 0 Å². The highest BCUT2D eigenvalue weighted by molar-refractivity contribution is 5.98. The van der Waals surface area contributed by atoms with Crippen LogP contribution in [-0.4, -0.2) is 29.0 Å². The summed E-state index contributed by atoms with van der Waals surface area (Å²) >= 11 is 0. The minimum Gasteiger partial charge on any atom is -0.344 e. The summed E-state index contributed by atoms with van der Waals surface area (Å²) in [6.45, 7) is 3.89. The van der Waals surface area contributed by atoms with Gasteiger partial charge in [-0.15, -0.1) is 0 Å². The minimum atomic E-state index is -0.813. The molecule has 0 saturated carbocycles. The van der Waals surface area contributed by atoms with Crippen molar-refractivity contribution in [3.8, 4) is 0 Å².